The van der Waals surface area contributed by atoms with Crippen LogP contribution in [0.15, 0.2) is 47.4 Å². The molecule has 0 radical (unpaired) electrons. The Bertz CT molecular complexity index is 914. The normalized spacial score (nSPS) is 11.5. The van der Waals surface area contributed by atoms with Crippen LogP contribution in [0, 0.1) is 0 Å². The van der Waals surface area contributed by atoms with Crippen molar-refractivity contribution in [1.29, 1.82) is 0 Å². The Balaban J connectivity index is 1.89. The molecule has 2 aromatic rings. The number of carbonyl (C=O) groups excluding carboxylic acids is 1. The molecular weight excluding hydrogens is 423 g/mol. The molecule has 1 N–H and O–H groups in total. The van der Waals surface area contributed by atoms with Crippen molar-refractivity contribution in [2.24, 2.45) is 0 Å². The van der Waals surface area contributed by atoms with Crippen LogP contribution in [0.1, 0.15) is 19.4 Å². The highest BCUT2D eigenvalue weighted by molar-refractivity contribution is 7.89. The third-order valence-electron chi connectivity index (χ3n) is 4.03. The van der Waals surface area contributed by atoms with Crippen LogP contribution in [0.3, 0.4) is 0 Å². The van der Waals surface area contributed by atoms with Gasteiger partial charge in [0.25, 0.3) is 5.91 Å². The van der Waals surface area contributed by atoms with E-state index in [1.807, 2.05) is 0 Å². The van der Waals surface area contributed by atoms with Gasteiger partial charge in [0.05, 0.1) is 4.90 Å². The summed E-state index contributed by atoms with van der Waals surface area (Å²) >= 11 is 11.9. The van der Waals surface area contributed by atoms with Gasteiger partial charge < -0.3 is 10.1 Å². The van der Waals surface area contributed by atoms with Gasteiger partial charge in [0.1, 0.15) is 5.75 Å². The first-order valence-corrected chi connectivity index (χ1v) is 10.9. The monoisotopic (exact) mass is 444 g/mol. The molecule has 0 aromatic heterocycles. The molecule has 1 amide bonds. The van der Waals surface area contributed by atoms with E-state index in [9.17, 15) is 13.2 Å². The first-order chi connectivity index (χ1) is 13.3. The Morgan fingerprint density at radius 3 is 2.29 bits per heavy atom. The number of halogens is 2. The fourth-order valence-electron chi connectivity index (χ4n) is 2.48. The van der Waals surface area contributed by atoms with Crippen LogP contribution in [0.4, 0.5) is 0 Å². The Morgan fingerprint density at radius 2 is 1.71 bits per heavy atom. The molecule has 0 unspecified atom stereocenters. The minimum Gasteiger partial charge on any atom is -0.484 e. The zero-order valence-electron chi connectivity index (χ0n) is 15.6. The van der Waals surface area contributed by atoms with E-state index in [4.69, 9.17) is 27.9 Å². The number of nitrogens with one attached hydrogen (secondary N) is 1. The highest BCUT2D eigenvalue weighted by Crippen LogP contribution is 2.21. The largest absolute Gasteiger partial charge is 0.484 e. The van der Waals surface area contributed by atoms with Crippen molar-refractivity contribution in [3.63, 3.8) is 0 Å². The lowest BCUT2D eigenvalue weighted by molar-refractivity contribution is -0.123. The number of benzene rings is 2. The van der Waals surface area contributed by atoms with E-state index in [2.05, 4.69) is 5.32 Å². The van der Waals surface area contributed by atoms with Crippen LogP contribution in [0.5, 0.6) is 5.75 Å². The average molecular weight is 445 g/mol. The molecule has 0 spiro atoms. The predicted octanol–water partition coefficient (Wildman–Crippen LogP) is 3.72. The van der Waals surface area contributed by atoms with Crippen molar-refractivity contribution in [1.82, 2.24) is 9.62 Å². The summed E-state index contributed by atoms with van der Waals surface area (Å²) in [6, 6.07) is 11.0. The van der Waals surface area contributed by atoms with Crippen LogP contribution in [0.2, 0.25) is 10.0 Å². The lowest BCUT2D eigenvalue weighted by Crippen LogP contribution is -2.30. The summed E-state index contributed by atoms with van der Waals surface area (Å²) in [5.41, 5.74) is 0.741. The Kier molecular flexibility index (Phi) is 8.12. The lowest BCUT2D eigenvalue weighted by atomic mass is 10.2. The number of sulfonamides is 1. The maximum absolute atomic E-state index is 12.4. The Morgan fingerprint density at radius 1 is 1.07 bits per heavy atom. The van der Waals surface area contributed by atoms with E-state index < -0.39 is 10.0 Å². The second-order valence-electron chi connectivity index (χ2n) is 5.86. The highest BCUT2D eigenvalue weighted by atomic mass is 35.5. The van der Waals surface area contributed by atoms with Gasteiger partial charge in [-0.1, -0.05) is 43.1 Å². The third kappa shape index (κ3) is 5.85. The van der Waals surface area contributed by atoms with Gasteiger partial charge in [-0.15, -0.1) is 0 Å². The third-order valence-corrected chi connectivity index (χ3v) is 6.68. The van der Waals surface area contributed by atoms with Crippen LogP contribution >= 0.6 is 23.2 Å². The SMILES string of the molecule is CCN(CC)S(=O)(=O)c1ccc(OCC(=O)NCc2ccc(Cl)cc2Cl)cc1. The quantitative estimate of drug-likeness (QED) is 0.639. The fraction of sp³-hybridized carbons (Fsp3) is 0.316. The minimum absolute atomic E-state index is 0.186. The average Bonchev–Trinajstić information content (AvgIpc) is 2.66. The number of rotatable bonds is 9. The van der Waals surface area contributed by atoms with Gasteiger partial charge in [-0.25, -0.2) is 8.42 Å². The van der Waals surface area contributed by atoms with E-state index in [1.165, 1.54) is 28.6 Å². The van der Waals surface area contributed by atoms with Crippen molar-refractivity contribution in [2.45, 2.75) is 25.3 Å². The molecule has 9 heteroatoms. The van der Waals surface area contributed by atoms with Crippen molar-refractivity contribution < 1.29 is 17.9 Å². The highest BCUT2D eigenvalue weighted by Gasteiger charge is 2.21. The molecule has 0 fully saturated rings. The van der Waals surface area contributed by atoms with E-state index in [1.54, 1.807) is 32.0 Å². The molecule has 0 bridgehead atoms. The predicted molar refractivity (Wildman–Crippen MR) is 110 cm³/mol. The van der Waals surface area contributed by atoms with Crippen LogP contribution in [-0.4, -0.2) is 38.3 Å². The van der Waals surface area contributed by atoms with E-state index >= 15 is 0 Å². The molecule has 0 aliphatic carbocycles. The molecule has 0 aliphatic heterocycles. The maximum atomic E-state index is 12.4. The summed E-state index contributed by atoms with van der Waals surface area (Å²) in [6.45, 7) is 4.42. The van der Waals surface area contributed by atoms with E-state index in [0.29, 0.717) is 28.9 Å². The summed E-state index contributed by atoms with van der Waals surface area (Å²) < 4.78 is 31.7. The smallest absolute Gasteiger partial charge is 0.258 e. The van der Waals surface area contributed by atoms with E-state index in [-0.39, 0.29) is 24.0 Å². The number of carbonyl (C=O) groups is 1. The molecule has 0 saturated heterocycles. The number of nitrogens with zero attached hydrogens (tertiary/aromatic N) is 1. The number of hydrogen-bond donors (Lipinski definition) is 1. The summed E-state index contributed by atoms with van der Waals surface area (Å²) in [4.78, 5) is 12.1. The van der Waals surface area contributed by atoms with Gasteiger partial charge in [-0.3, -0.25) is 4.79 Å². The van der Waals surface area contributed by atoms with Crippen LogP contribution < -0.4 is 10.1 Å². The van der Waals surface area contributed by atoms with Crippen molar-refractivity contribution in [3.8, 4) is 5.75 Å². The van der Waals surface area contributed by atoms with Crippen molar-refractivity contribution >= 4 is 39.1 Å². The van der Waals surface area contributed by atoms with Gasteiger partial charge in [-0.05, 0) is 42.0 Å². The Hall–Kier alpha value is -1.80. The molecule has 152 valence electrons. The molecule has 0 heterocycles. The summed E-state index contributed by atoms with van der Waals surface area (Å²) in [7, 11) is -3.52. The number of ether oxygens (including phenoxy) is 1. The molecule has 2 aromatic carbocycles. The first-order valence-electron chi connectivity index (χ1n) is 8.71. The molecule has 6 nitrogen and oxygen atoms in total. The molecule has 0 atom stereocenters. The second-order valence-corrected chi connectivity index (χ2v) is 8.64. The standard InChI is InChI=1S/C19H22Cl2N2O4S/c1-3-23(4-2)28(25,26)17-9-7-16(8-10-17)27-13-19(24)22-12-14-5-6-15(20)11-18(14)21/h5-11H,3-4,12-13H2,1-2H3,(H,22,24). The summed E-state index contributed by atoms with van der Waals surface area (Å²) in [6.07, 6.45) is 0. The van der Waals surface area contributed by atoms with Gasteiger partial charge in [0.2, 0.25) is 10.0 Å². The molecular formula is C19H22Cl2N2O4S. The zero-order chi connectivity index (χ0) is 20.7. The molecule has 28 heavy (non-hydrogen) atoms. The van der Waals surface area contributed by atoms with Crippen LogP contribution in [-0.2, 0) is 21.4 Å². The molecule has 0 aliphatic rings. The second kappa shape index (κ2) is 10.1. The van der Waals surface area contributed by atoms with Crippen molar-refractivity contribution in [3.05, 3.63) is 58.1 Å². The zero-order valence-corrected chi connectivity index (χ0v) is 17.9. The van der Waals surface area contributed by atoms with Gasteiger partial charge in [-0.2, -0.15) is 4.31 Å². The topological polar surface area (TPSA) is 75.7 Å². The first kappa shape index (κ1) is 22.5. The number of hydrogen-bond acceptors (Lipinski definition) is 4. The summed E-state index contributed by atoms with van der Waals surface area (Å²) in [5, 5.41) is 3.70. The molecule has 0 saturated carbocycles. The van der Waals surface area contributed by atoms with Crippen molar-refractivity contribution in [2.75, 3.05) is 19.7 Å². The number of amides is 1. The van der Waals surface area contributed by atoms with E-state index in [0.717, 1.165) is 5.56 Å². The summed E-state index contributed by atoms with van der Waals surface area (Å²) in [5.74, 6) is 0.0732. The van der Waals surface area contributed by atoms with Gasteiger partial charge in [0.15, 0.2) is 6.61 Å². The Labute approximate surface area is 175 Å². The van der Waals surface area contributed by atoms with Crippen LogP contribution in [0.25, 0.3) is 0 Å². The minimum atomic E-state index is -3.52. The fourth-order valence-corrected chi connectivity index (χ4v) is 4.41. The van der Waals surface area contributed by atoms with Gasteiger partial charge in [0, 0.05) is 29.7 Å². The maximum Gasteiger partial charge on any atom is 0.258 e. The molecule has 2 rings (SSSR count). The van der Waals surface area contributed by atoms with Gasteiger partial charge >= 0.3 is 0 Å². The lowest BCUT2D eigenvalue weighted by Gasteiger charge is -2.18.